The Morgan fingerprint density at radius 3 is 2.53 bits per heavy atom. The molecule has 0 bridgehead atoms. The smallest absolute Gasteiger partial charge is 0.261 e. The minimum atomic E-state index is -5.20. The molecule has 0 fully saturated rings. The molecule has 0 radical (unpaired) electrons. The Hall–Kier alpha value is -1.44. The van der Waals surface area contributed by atoms with Gasteiger partial charge in [-0.25, -0.2) is 9.13 Å². The second-order valence-corrected chi connectivity index (χ2v) is 2.79. The molecule has 0 aliphatic heterocycles. The summed E-state index contributed by atoms with van der Waals surface area (Å²) in [5.74, 6) is -1.14. The number of hydrogen-bond acceptors (Lipinski definition) is 3. The van der Waals surface area contributed by atoms with Crippen LogP contribution in [0.3, 0.4) is 0 Å². The maximum atomic E-state index is 12.6. The number of hydrogen-bond donors (Lipinski definition) is 0. The van der Waals surface area contributed by atoms with Gasteiger partial charge in [-0.3, -0.25) is 10.1 Å². The Balaban J connectivity index is 3.01. The van der Waals surface area contributed by atoms with Crippen LogP contribution in [0, 0.1) is 10.1 Å². The van der Waals surface area contributed by atoms with Crippen molar-refractivity contribution < 1.29 is 27.2 Å². The lowest BCUT2D eigenvalue weighted by atomic mass is 10.0. The van der Waals surface area contributed by atoms with Crippen LogP contribution in [-0.4, -0.2) is 17.0 Å². The molecule has 0 aromatic heterocycles. The van der Waals surface area contributed by atoms with Crippen LogP contribution < -0.4 is 0 Å². The third kappa shape index (κ3) is 2.75. The van der Waals surface area contributed by atoms with Gasteiger partial charge in [0, 0.05) is 0 Å². The minimum absolute atomic E-state index is 0.195. The van der Waals surface area contributed by atoms with E-state index in [-0.39, 0.29) is 6.08 Å². The Kier molecular flexibility index (Phi) is 2.80. The Bertz CT molecular complexity index is 336. The second kappa shape index (κ2) is 3.61. The first kappa shape index (κ1) is 11.6. The Morgan fingerprint density at radius 2 is 2.13 bits per heavy atom. The number of rotatable bonds is 2. The number of allylic oxidation sites excluding steroid dienone is 2. The molecule has 8 heteroatoms. The zero-order chi connectivity index (χ0) is 11.7. The van der Waals surface area contributed by atoms with Gasteiger partial charge >= 0.3 is 12.1 Å². The Morgan fingerprint density at radius 1 is 1.53 bits per heavy atom. The molecule has 0 saturated heterocycles. The normalized spacial score (nSPS) is 26.3. The molecule has 0 aromatic rings. The summed E-state index contributed by atoms with van der Waals surface area (Å²) >= 11 is 0. The highest BCUT2D eigenvalue weighted by Crippen LogP contribution is 2.33. The van der Waals surface area contributed by atoms with Crippen molar-refractivity contribution in [2.75, 3.05) is 0 Å². The summed E-state index contributed by atoms with van der Waals surface area (Å²) in [5.41, 5.74) is -2.89. The lowest BCUT2D eigenvalue weighted by molar-refractivity contribution is -0.642. The van der Waals surface area contributed by atoms with E-state index < -0.39 is 29.3 Å². The number of nitrogens with zero attached hydrogens (tertiary/aromatic N) is 1. The first-order chi connectivity index (χ1) is 6.75. The van der Waals surface area contributed by atoms with E-state index in [4.69, 9.17) is 0 Å². The van der Waals surface area contributed by atoms with Gasteiger partial charge in [0.25, 0.3) is 0 Å². The maximum Gasteiger partial charge on any atom is 0.528 e. The van der Waals surface area contributed by atoms with Gasteiger partial charge in [0.1, 0.15) is 5.83 Å². The summed E-state index contributed by atoms with van der Waals surface area (Å²) in [5, 5.41) is 10.4. The summed E-state index contributed by atoms with van der Waals surface area (Å²) in [6, 6.07) is 0. The summed E-state index contributed by atoms with van der Waals surface area (Å²) < 4.78 is 51.6. The molecule has 84 valence electrons. The average molecular weight is 227 g/mol. The van der Waals surface area contributed by atoms with Gasteiger partial charge in [0.2, 0.25) is 0 Å². The van der Waals surface area contributed by atoms with Crippen LogP contribution in [0.5, 0.6) is 0 Å². The predicted octanol–water partition coefficient (Wildman–Crippen LogP) is 2.31. The molecule has 1 atom stereocenters. The van der Waals surface area contributed by atoms with Crippen LogP contribution in [0.2, 0.25) is 0 Å². The molecular weight excluding hydrogens is 222 g/mol. The van der Waals surface area contributed by atoms with Crippen LogP contribution in [0.1, 0.15) is 6.42 Å². The van der Waals surface area contributed by atoms with Crippen LogP contribution in [-0.2, 0) is 4.74 Å². The standard InChI is InChI=1S/C7H5F4NO3/c8-5-2-1-3-6(4-5,12(13)14)15-7(9,10)11/h1-2,4H,3H2. The third-order valence-electron chi connectivity index (χ3n) is 1.65. The SMILES string of the molecule is O=[N+]([O-])C1(OC(F)(F)F)C=C(F)C=CC1. The number of alkyl halides is 3. The van der Waals surface area contributed by atoms with E-state index >= 15 is 0 Å². The Labute approximate surface area is 81.0 Å². The van der Waals surface area contributed by atoms with E-state index in [0.717, 1.165) is 12.2 Å². The van der Waals surface area contributed by atoms with Gasteiger partial charge in [-0.05, 0) is 6.08 Å². The van der Waals surface area contributed by atoms with Crippen LogP contribution >= 0.6 is 0 Å². The summed E-state index contributed by atoms with van der Waals surface area (Å²) in [7, 11) is 0. The lowest BCUT2D eigenvalue weighted by Crippen LogP contribution is -2.44. The fourth-order valence-corrected chi connectivity index (χ4v) is 1.10. The van der Waals surface area contributed by atoms with Crippen molar-refractivity contribution in [3.63, 3.8) is 0 Å². The summed E-state index contributed by atoms with van der Waals surface area (Å²) in [6.45, 7) is 0. The largest absolute Gasteiger partial charge is 0.528 e. The molecular formula is C7H5F4NO3. The van der Waals surface area contributed by atoms with Gasteiger partial charge in [0.05, 0.1) is 17.4 Å². The first-order valence-electron chi connectivity index (χ1n) is 3.71. The van der Waals surface area contributed by atoms with E-state index in [1.807, 2.05) is 0 Å². The highest BCUT2D eigenvalue weighted by molar-refractivity contribution is 5.21. The van der Waals surface area contributed by atoms with E-state index in [1.165, 1.54) is 0 Å². The predicted molar refractivity (Wildman–Crippen MR) is 39.8 cm³/mol. The van der Waals surface area contributed by atoms with E-state index in [1.54, 1.807) is 0 Å². The first-order valence-corrected chi connectivity index (χ1v) is 3.71. The van der Waals surface area contributed by atoms with Gasteiger partial charge in [-0.15, -0.1) is 13.2 Å². The molecule has 0 saturated carbocycles. The molecule has 0 heterocycles. The molecule has 0 aromatic carbocycles. The molecule has 1 unspecified atom stereocenters. The third-order valence-corrected chi connectivity index (χ3v) is 1.65. The van der Waals surface area contributed by atoms with Crippen molar-refractivity contribution in [2.45, 2.75) is 18.5 Å². The molecule has 0 amide bonds. The quantitative estimate of drug-likeness (QED) is 0.315. The zero-order valence-electron chi connectivity index (χ0n) is 7.12. The van der Waals surface area contributed by atoms with Gasteiger partial charge in [-0.2, -0.15) is 0 Å². The van der Waals surface area contributed by atoms with Gasteiger partial charge < -0.3 is 0 Å². The van der Waals surface area contributed by atoms with Crippen molar-refractivity contribution in [3.05, 3.63) is 34.2 Å². The molecule has 0 N–H and O–H groups in total. The van der Waals surface area contributed by atoms with Crippen LogP contribution in [0.4, 0.5) is 17.6 Å². The van der Waals surface area contributed by atoms with E-state index in [2.05, 4.69) is 4.74 Å². The molecule has 15 heavy (non-hydrogen) atoms. The molecule has 1 aliphatic rings. The van der Waals surface area contributed by atoms with Crippen molar-refractivity contribution in [2.24, 2.45) is 0 Å². The number of nitro groups is 1. The molecule has 1 rings (SSSR count). The molecule has 0 spiro atoms. The second-order valence-electron chi connectivity index (χ2n) is 2.79. The topological polar surface area (TPSA) is 52.4 Å². The van der Waals surface area contributed by atoms with Crippen molar-refractivity contribution in [3.8, 4) is 0 Å². The van der Waals surface area contributed by atoms with E-state index in [9.17, 15) is 27.7 Å². The lowest BCUT2D eigenvalue weighted by Gasteiger charge is -2.23. The van der Waals surface area contributed by atoms with Crippen molar-refractivity contribution in [1.82, 2.24) is 0 Å². The number of ether oxygens (including phenoxy) is 1. The van der Waals surface area contributed by atoms with Crippen LogP contribution in [0.25, 0.3) is 0 Å². The summed E-state index contributed by atoms with van der Waals surface area (Å²) in [6.07, 6.45) is -3.94. The molecule has 1 aliphatic carbocycles. The fraction of sp³-hybridized carbons (Fsp3) is 0.429. The van der Waals surface area contributed by atoms with E-state index in [0.29, 0.717) is 0 Å². The van der Waals surface area contributed by atoms with Crippen molar-refractivity contribution in [1.29, 1.82) is 0 Å². The monoisotopic (exact) mass is 227 g/mol. The van der Waals surface area contributed by atoms with Crippen LogP contribution in [0.15, 0.2) is 24.1 Å². The van der Waals surface area contributed by atoms with Gasteiger partial charge in [0.15, 0.2) is 0 Å². The highest BCUT2D eigenvalue weighted by Gasteiger charge is 2.52. The maximum absolute atomic E-state index is 12.6. The van der Waals surface area contributed by atoms with Crippen molar-refractivity contribution >= 4 is 0 Å². The fourth-order valence-electron chi connectivity index (χ4n) is 1.10. The summed E-state index contributed by atoms with van der Waals surface area (Å²) in [4.78, 5) is 9.12. The highest BCUT2D eigenvalue weighted by atomic mass is 19.4. The number of halogens is 4. The minimum Gasteiger partial charge on any atom is -0.261 e. The molecule has 4 nitrogen and oxygen atoms in total. The van der Waals surface area contributed by atoms with Gasteiger partial charge in [-0.1, -0.05) is 6.08 Å². The zero-order valence-corrected chi connectivity index (χ0v) is 7.12. The average Bonchev–Trinajstić information content (AvgIpc) is 2.00.